The second-order valence-electron chi connectivity index (χ2n) is 6.12. The molecule has 0 bridgehead atoms. The van der Waals surface area contributed by atoms with Gasteiger partial charge >= 0.3 is 0 Å². The topological polar surface area (TPSA) is 46.9 Å². The molecule has 4 heteroatoms. The third-order valence-electron chi connectivity index (χ3n) is 4.43. The molecule has 0 spiro atoms. The fourth-order valence-electron chi connectivity index (χ4n) is 3.10. The molecule has 22 heavy (non-hydrogen) atoms. The van der Waals surface area contributed by atoms with Crippen LogP contribution in [0.15, 0.2) is 36.7 Å². The van der Waals surface area contributed by atoms with E-state index in [2.05, 4.69) is 34.7 Å². The van der Waals surface area contributed by atoms with E-state index in [1.807, 2.05) is 24.1 Å². The molecule has 1 heterocycles. The quantitative estimate of drug-likeness (QED) is 0.922. The molecule has 0 unspecified atom stereocenters. The highest BCUT2D eigenvalue weighted by atomic mass is 16.1. The third-order valence-corrected chi connectivity index (χ3v) is 4.43. The van der Waals surface area contributed by atoms with E-state index in [1.165, 1.54) is 24.0 Å². The van der Waals surface area contributed by atoms with E-state index in [1.54, 1.807) is 0 Å². The molecule has 1 fully saturated rings. The minimum Gasteiger partial charge on any atom is -0.356 e. The number of nitrogens with one attached hydrogen (secondary N) is 1. The van der Waals surface area contributed by atoms with Gasteiger partial charge in [0, 0.05) is 31.3 Å². The van der Waals surface area contributed by atoms with E-state index in [4.69, 9.17) is 0 Å². The summed E-state index contributed by atoms with van der Waals surface area (Å²) < 4.78 is 1.81. The number of hydrogen-bond acceptors (Lipinski definition) is 2. The molecule has 3 rings (SSSR count). The van der Waals surface area contributed by atoms with Crippen molar-refractivity contribution in [2.45, 2.75) is 32.1 Å². The van der Waals surface area contributed by atoms with Gasteiger partial charge in [0.15, 0.2) is 0 Å². The molecule has 4 nitrogen and oxygen atoms in total. The summed E-state index contributed by atoms with van der Waals surface area (Å²) in [5.41, 5.74) is 3.55. The van der Waals surface area contributed by atoms with Crippen LogP contribution in [0.5, 0.6) is 0 Å². The van der Waals surface area contributed by atoms with Gasteiger partial charge in [0.1, 0.15) is 0 Å². The Bertz CT molecular complexity index is 624. The monoisotopic (exact) mass is 297 g/mol. The molecule has 116 valence electrons. The van der Waals surface area contributed by atoms with Gasteiger partial charge in [0.25, 0.3) is 0 Å². The van der Waals surface area contributed by atoms with Crippen LogP contribution in [-0.2, 0) is 18.3 Å². The predicted molar refractivity (Wildman–Crippen MR) is 87.3 cm³/mol. The predicted octanol–water partition coefficient (Wildman–Crippen LogP) is 2.94. The number of carbonyl (C=O) groups is 1. The van der Waals surface area contributed by atoms with Crippen molar-refractivity contribution in [1.82, 2.24) is 15.1 Å². The van der Waals surface area contributed by atoms with E-state index >= 15 is 0 Å². The van der Waals surface area contributed by atoms with Crippen molar-refractivity contribution in [1.29, 1.82) is 0 Å². The summed E-state index contributed by atoms with van der Waals surface area (Å²) in [6.07, 6.45) is 9.29. The lowest BCUT2D eigenvalue weighted by atomic mass is 10.0. The average Bonchev–Trinajstić information content (AvgIpc) is 3.19. The van der Waals surface area contributed by atoms with Gasteiger partial charge in [-0.3, -0.25) is 9.48 Å². The number of rotatable bonds is 5. The van der Waals surface area contributed by atoms with Crippen molar-refractivity contribution in [2.24, 2.45) is 13.0 Å². The van der Waals surface area contributed by atoms with Gasteiger partial charge in [0.05, 0.1) is 6.20 Å². The van der Waals surface area contributed by atoms with Gasteiger partial charge in [-0.25, -0.2) is 0 Å². The zero-order chi connectivity index (χ0) is 15.4. The van der Waals surface area contributed by atoms with Crippen LogP contribution in [0.4, 0.5) is 0 Å². The zero-order valence-electron chi connectivity index (χ0n) is 13.1. The number of nitrogens with zero attached hydrogens (tertiary/aromatic N) is 2. The highest BCUT2D eigenvalue weighted by Gasteiger charge is 2.21. The van der Waals surface area contributed by atoms with Crippen LogP contribution in [0, 0.1) is 5.92 Å². The Labute approximate surface area is 131 Å². The maximum Gasteiger partial charge on any atom is 0.223 e. The summed E-state index contributed by atoms with van der Waals surface area (Å²) in [6, 6.07) is 8.49. The van der Waals surface area contributed by atoms with Gasteiger partial charge in [-0.15, -0.1) is 0 Å². The van der Waals surface area contributed by atoms with E-state index in [9.17, 15) is 4.79 Å². The number of carbonyl (C=O) groups excluding carboxylic acids is 1. The van der Waals surface area contributed by atoms with Crippen molar-refractivity contribution < 1.29 is 4.79 Å². The second-order valence-corrected chi connectivity index (χ2v) is 6.12. The first-order valence-electron chi connectivity index (χ1n) is 8.08. The summed E-state index contributed by atoms with van der Waals surface area (Å²) in [5, 5.41) is 7.26. The number of benzene rings is 1. The fraction of sp³-hybridized carbons (Fsp3) is 0.444. The molecule has 0 aliphatic heterocycles. The third kappa shape index (κ3) is 3.56. The first-order chi connectivity index (χ1) is 10.7. The van der Waals surface area contributed by atoms with Gasteiger partial charge in [0.2, 0.25) is 5.91 Å². The Kier molecular flexibility index (Phi) is 4.56. The standard InChI is InChI=1S/C18H23N3O/c1-21-13-17(12-20-21)15-8-6-14(7-9-15)10-11-19-18(22)16-4-2-3-5-16/h6-9,12-13,16H,2-5,10-11H2,1H3,(H,19,22). The molecular weight excluding hydrogens is 274 g/mol. The molecule has 0 atom stereocenters. The highest BCUT2D eigenvalue weighted by Crippen LogP contribution is 2.24. The number of aryl methyl sites for hydroxylation is 1. The van der Waals surface area contributed by atoms with E-state index in [-0.39, 0.29) is 11.8 Å². The summed E-state index contributed by atoms with van der Waals surface area (Å²) >= 11 is 0. The molecular formula is C18H23N3O. The number of hydrogen-bond donors (Lipinski definition) is 1. The van der Waals surface area contributed by atoms with Gasteiger partial charge in [-0.05, 0) is 30.4 Å². The Hall–Kier alpha value is -2.10. The first-order valence-corrected chi connectivity index (χ1v) is 8.08. The van der Waals surface area contributed by atoms with Crippen molar-refractivity contribution in [3.05, 3.63) is 42.2 Å². The maximum atomic E-state index is 12.0. The molecule has 2 aromatic rings. The second kappa shape index (κ2) is 6.77. The molecule has 1 aliphatic carbocycles. The summed E-state index contributed by atoms with van der Waals surface area (Å²) in [7, 11) is 1.92. The number of amides is 1. The smallest absolute Gasteiger partial charge is 0.223 e. The zero-order valence-corrected chi connectivity index (χ0v) is 13.1. The molecule has 1 amide bonds. The Morgan fingerprint density at radius 2 is 1.95 bits per heavy atom. The highest BCUT2D eigenvalue weighted by molar-refractivity contribution is 5.78. The molecule has 1 saturated carbocycles. The SMILES string of the molecule is Cn1cc(-c2ccc(CCNC(=O)C3CCCC3)cc2)cn1. The van der Waals surface area contributed by atoms with Crippen molar-refractivity contribution in [2.75, 3.05) is 6.54 Å². The molecule has 0 saturated heterocycles. The van der Waals surface area contributed by atoms with Gasteiger partial charge in [-0.2, -0.15) is 5.10 Å². The maximum absolute atomic E-state index is 12.0. The van der Waals surface area contributed by atoms with Gasteiger partial charge in [-0.1, -0.05) is 37.1 Å². The van der Waals surface area contributed by atoms with Gasteiger partial charge < -0.3 is 5.32 Å². The molecule has 1 aliphatic rings. The van der Waals surface area contributed by atoms with Crippen LogP contribution in [0.3, 0.4) is 0 Å². The Morgan fingerprint density at radius 3 is 2.59 bits per heavy atom. The Morgan fingerprint density at radius 1 is 1.23 bits per heavy atom. The lowest BCUT2D eigenvalue weighted by Crippen LogP contribution is -2.30. The van der Waals surface area contributed by atoms with Crippen molar-refractivity contribution in [3.8, 4) is 11.1 Å². The van der Waals surface area contributed by atoms with Crippen molar-refractivity contribution in [3.63, 3.8) is 0 Å². The summed E-state index contributed by atoms with van der Waals surface area (Å²) in [4.78, 5) is 12.0. The average molecular weight is 297 g/mol. The van der Waals surface area contributed by atoms with E-state index in [0.29, 0.717) is 0 Å². The largest absolute Gasteiger partial charge is 0.356 e. The minimum absolute atomic E-state index is 0.240. The number of aromatic nitrogens is 2. The van der Waals surface area contributed by atoms with Crippen LogP contribution in [0.2, 0.25) is 0 Å². The molecule has 1 N–H and O–H groups in total. The molecule has 0 radical (unpaired) electrons. The fourth-order valence-corrected chi connectivity index (χ4v) is 3.10. The van der Waals surface area contributed by atoms with E-state index in [0.717, 1.165) is 31.4 Å². The first kappa shape index (κ1) is 14.8. The summed E-state index contributed by atoms with van der Waals surface area (Å²) in [6.45, 7) is 0.724. The van der Waals surface area contributed by atoms with E-state index < -0.39 is 0 Å². The summed E-state index contributed by atoms with van der Waals surface area (Å²) in [5.74, 6) is 0.498. The normalized spacial score (nSPS) is 15.1. The van der Waals surface area contributed by atoms with Crippen LogP contribution >= 0.6 is 0 Å². The lowest BCUT2D eigenvalue weighted by molar-refractivity contribution is -0.124. The minimum atomic E-state index is 0.240. The lowest BCUT2D eigenvalue weighted by Gasteiger charge is -2.10. The Balaban J connectivity index is 1.50. The van der Waals surface area contributed by atoms with Crippen LogP contribution in [-0.4, -0.2) is 22.2 Å². The molecule has 1 aromatic heterocycles. The van der Waals surface area contributed by atoms with Crippen LogP contribution in [0.25, 0.3) is 11.1 Å². The van der Waals surface area contributed by atoms with Crippen molar-refractivity contribution >= 4 is 5.91 Å². The van der Waals surface area contributed by atoms with Crippen LogP contribution < -0.4 is 5.32 Å². The van der Waals surface area contributed by atoms with Crippen LogP contribution in [0.1, 0.15) is 31.2 Å². The molecule has 1 aromatic carbocycles.